The highest BCUT2D eigenvalue weighted by Gasteiger charge is 2.25. The number of ether oxygens (including phenoxy) is 1. The minimum atomic E-state index is -0.675. The standard InChI is InChI=1S/C15H17FN2O3/c1-9(12-17-14(18-21-12)15(2,3)4)20-13(19)10-5-7-11(16)8-6-10/h5-9H,1-4H3. The summed E-state index contributed by atoms with van der Waals surface area (Å²) in [5.74, 6) is -0.207. The van der Waals surface area contributed by atoms with Crippen molar-refractivity contribution < 1.29 is 18.4 Å². The third-order valence-electron chi connectivity index (χ3n) is 2.82. The fourth-order valence-electron chi connectivity index (χ4n) is 1.57. The van der Waals surface area contributed by atoms with Gasteiger partial charge in [-0.05, 0) is 31.2 Å². The summed E-state index contributed by atoms with van der Waals surface area (Å²) < 4.78 is 23.1. The van der Waals surface area contributed by atoms with Crippen LogP contribution in [0.1, 0.15) is 55.9 Å². The second kappa shape index (κ2) is 5.63. The Morgan fingerprint density at radius 3 is 2.43 bits per heavy atom. The van der Waals surface area contributed by atoms with Crippen molar-refractivity contribution in [1.29, 1.82) is 0 Å². The molecule has 0 bridgehead atoms. The van der Waals surface area contributed by atoms with Crippen molar-refractivity contribution >= 4 is 5.97 Å². The molecule has 0 radical (unpaired) electrons. The lowest BCUT2D eigenvalue weighted by Gasteiger charge is -2.11. The van der Waals surface area contributed by atoms with Crippen LogP contribution >= 0.6 is 0 Å². The third kappa shape index (κ3) is 3.65. The van der Waals surface area contributed by atoms with Crippen LogP contribution in [-0.4, -0.2) is 16.1 Å². The van der Waals surface area contributed by atoms with Gasteiger partial charge in [-0.25, -0.2) is 9.18 Å². The molecule has 0 saturated carbocycles. The lowest BCUT2D eigenvalue weighted by atomic mass is 9.96. The van der Waals surface area contributed by atoms with Crippen molar-refractivity contribution in [3.63, 3.8) is 0 Å². The van der Waals surface area contributed by atoms with Gasteiger partial charge in [-0.3, -0.25) is 0 Å². The van der Waals surface area contributed by atoms with E-state index in [1.54, 1.807) is 6.92 Å². The van der Waals surface area contributed by atoms with Gasteiger partial charge in [0.2, 0.25) is 0 Å². The zero-order chi connectivity index (χ0) is 15.6. The molecule has 0 N–H and O–H groups in total. The second-order valence-corrected chi connectivity index (χ2v) is 5.76. The molecule has 0 amide bonds. The van der Waals surface area contributed by atoms with E-state index in [1.807, 2.05) is 20.8 Å². The Kier molecular flexibility index (Phi) is 4.06. The number of aromatic nitrogens is 2. The number of esters is 1. The van der Waals surface area contributed by atoms with E-state index in [0.717, 1.165) is 0 Å². The van der Waals surface area contributed by atoms with Gasteiger partial charge in [-0.15, -0.1) is 0 Å². The molecule has 1 aromatic carbocycles. The summed E-state index contributed by atoms with van der Waals surface area (Å²) in [5.41, 5.74) is 0.0152. The van der Waals surface area contributed by atoms with E-state index in [0.29, 0.717) is 5.82 Å². The summed E-state index contributed by atoms with van der Waals surface area (Å²) in [6.07, 6.45) is -0.675. The zero-order valence-electron chi connectivity index (χ0n) is 12.4. The topological polar surface area (TPSA) is 65.2 Å². The van der Waals surface area contributed by atoms with Crippen molar-refractivity contribution in [2.24, 2.45) is 0 Å². The molecule has 1 heterocycles. The van der Waals surface area contributed by atoms with Crippen molar-refractivity contribution in [1.82, 2.24) is 10.1 Å². The average Bonchev–Trinajstić information content (AvgIpc) is 2.88. The summed E-state index contributed by atoms with van der Waals surface area (Å²) in [7, 11) is 0. The molecular formula is C15H17FN2O3. The molecule has 5 nitrogen and oxygen atoms in total. The van der Waals surface area contributed by atoms with E-state index in [1.165, 1.54) is 24.3 Å². The van der Waals surface area contributed by atoms with Gasteiger partial charge < -0.3 is 9.26 Å². The molecule has 2 aromatic rings. The molecule has 0 aliphatic heterocycles. The van der Waals surface area contributed by atoms with Gasteiger partial charge in [0.15, 0.2) is 11.9 Å². The number of rotatable bonds is 3. The quantitative estimate of drug-likeness (QED) is 0.811. The second-order valence-electron chi connectivity index (χ2n) is 5.76. The van der Waals surface area contributed by atoms with Gasteiger partial charge in [-0.2, -0.15) is 4.98 Å². The predicted molar refractivity (Wildman–Crippen MR) is 73.2 cm³/mol. The van der Waals surface area contributed by atoms with Crippen LogP contribution in [-0.2, 0) is 10.2 Å². The Bertz CT molecular complexity index is 629. The number of benzene rings is 1. The monoisotopic (exact) mass is 292 g/mol. The van der Waals surface area contributed by atoms with Gasteiger partial charge in [-0.1, -0.05) is 25.9 Å². The van der Waals surface area contributed by atoms with Crippen LogP contribution < -0.4 is 0 Å². The molecule has 0 aliphatic carbocycles. The first-order valence-corrected chi connectivity index (χ1v) is 6.58. The van der Waals surface area contributed by atoms with E-state index in [2.05, 4.69) is 10.1 Å². The fourth-order valence-corrected chi connectivity index (χ4v) is 1.57. The normalized spacial score (nSPS) is 13.0. The maximum Gasteiger partial charge on any atom is 0.338 e. The molecule has 0 spiro atoms. The Hall–Kier alpha value is -2.24. The largest absolute Gasteiger partial charge is 0.449 e. The summed E-state index contributed by atoms with van der Waals surface area (Å²) >= 11 is 0. The third-order valence-corrected chi connectivity index (χ3v) is 2.82. The van der Waals surface area contributed by atoms with Crippen LogP contribution in [0.4, 0.5) is 4.39 Å². The van der Waals surface area contributed by atoms with Crippen LogP contribution in [0.3, 0.4) is 0 Å². The Morgan fingerprint density at radius 2 is 1.90 bits per heavy atom. The summed E-state index contributed by atoms with van der Waals surface area (Å²) in [6, 6.07) is 5.12. The zero-order valence-corrected chi connectivity index (χ0v) is 12.4. The highest BCUT2D eigenvalue weighted by atomic mass is 19.1. The molecule has 112 valence electrons. The van der Waals surface area contributed by atoms with Gasteiger partial charge in [0, 0.05) is 5.41 Å². The molecule has 0 saturated heterocycles. The number of carbonyl (C=O) groups excluding carboxylic acids is 1. The number of carbonyl (C=O) groups is 1. The van der Waals surface area contributed by atoms with Crippen LogP contribution in [0.5, 0.6) is 0 Å². The minimum Gasteiger partial charge on any atom is -0.449 e. The van der Waals surface area contributed by atoms with Gasteiger partial charge in [0.05, 0.1) is 5.56 Å². The highest BCUT2D eigenvalue weighted by Crippen LogP contribution is 2.22. The number of halogens is 1. The number of hydrogen-bond donors (Lipinski definition) is 0. The maximum absolute atomic E-state index is 12.8. The summed E-state index contributed by atoms with van der Waals surface area (Å²) in [4.78, 5) is 16.1. The molecule has 1 atom stereocenters. The van der Waals surface area contributed by atoms with Crippen molar-refractivity contribution in [2.75, 3.05) is 0 Å². The molecule has 0 fully saturated rings. The first-order chi connectivity index (χ1) is 9.77. The Morgan fingerprint density at radius 1 is 1.29 bits per heavy atom. The highest BCUT2D eigenvalue weighted by molar-refractivity contribution is 5.89. The maximum atomic E-state index is 12.8. The van der Waals surface area contributed by atoms with Crippen LogP contribution in [0.25, 0.3) is 0 Å². The van der Waals surface area contributed by atoms with Gasteiger partial charge in [0.1, 0.15) is 5.82 Å². The molecule has 1 aromatic heterocycles. The van der Waals surface area contributed by atoms with Crippen LogP contribution in [0.2, 0.25) is 0 Å². The van der Waals surface area contributed by atoms with E-state index in [-0.39, 0.29) is 16.9 Å². The number of hydrogen-bond acceptors (Lipinski definition) is 5. The Labute approximate surface area is 122 Å². The van der Waals surface area contributed by atoms with E-state index < -0.39 is 17.9 Å². The van der Waals surface area contributed by atoms with E-state index in [4.69, 9.17) is 9.26 Å². The molecule has 1 unspecified atom stereocenters. The van der Waals surface area contributed by atoms with Crippen molar-refractivity contribution in [3.05, 3.63) is 47.4 Å². The Balaban J connectivity index is 2.07. The van der Waals surface area contributed by atoms with Crippen molar-refractivity contribution in [3.8, 4) is 0 Å². The predicted octanol–water partition coefficient (Wildman–Crippen LogP) is 3.42. The lowest BCUT2D eigenvalue weighted by Crippen LogP contribution is -2.14. The van der Waals surface area contributed by atoms with Gasteiger partial charge in [0.25, 0.3) is 5.89 Å². The first-order valence-electron chi connectivity index (χ1n) is 6.58. The smallest absolute Gasteiger partial charge is 0.338 e. The van der Waals surface area contributed by atoms with Gasteiger partial charge >= 0.3 is 5.97 Å². The molecular weight excluding hydrogens is 275 g/mol. The molecule has 0 aliphatic rings. The fraction of sp³-hybridized carbons (Fsp3) is 0.400. The lowest BCUT2D eigenvalue weighted by molar-refractivity contribution is 0.0265. The molecule has 6 heteroatoms. The first kappa shape index (κ1) is 15.2. The van der Waals surface area contributed by atoms with Crippen molar-refractivity contribution in [2.45, 2.75) is 39.2 Å². The SMILES string of the molecule is CC(OC(=O)c1ccc(F)cc1)c1nc(C(C)(C)C)no1. The summed E-state index contributed by atoms with van der Waals surface area (Å²) in [5, 5.41) is 3.87. The van der Waals surface area contributed by atoms with Crippen LogP contribution in [0.15, 0.2) is 28.8 Å². The van der Waals surface area contributed by atoms with Crippen LogP contribution in [0, 0.1) is 5.82 Å². The average molecular weight is 292 g/mol. The molecule has 2 rings (SSSR count). The van der Waals surface area contributed by atoms with E-state index >= 15 is 0 Å². The number of nitrogens with zero attached hydrogens (tertiary/aromatic N) is 2. The summed E-state index contributed by atoms with van der Waals surface area (Å²) in [6.45, 7) is 7.51. The van der Waals surface area contributed by atoms with E-state index in [9.17, 15) is 9.18 Å². The molecule has 21 heavy (non-hydrogen) atoms. The minimum absolute atomic E-state index is 0.232.